The van der Waals surface area contributed by atoms with Gasteiger partial charge in [-0.1, -0.05) is 29.3 Å². The topological polar surface area (TPSA) is 30.7 Å². The largest absolute Gasteiger partial charge is 0.243 e. The summed E-state index contributed by atoms with van der Waals surface area (Å²) < 4.78 is 1.46. The number of rotatable bonds is 2. The molecule has 0 aliphatic heterocycles. The lowest BCUT2D eigenvalue weighted by Crippen LogP contribution is -2.02. The van der Waals surface area contributed by atoms with Gasteiger partial charge in [-0.2, -0.15) is 4.98 Å². The number of benzene rings is 1. The maximum absolute atomic E-state index is 6.02. The van der Waals surface area contributed by atoms with E-state index in [2.05, 4.69) is 10.1 Å². The van der Waals surface area contributed by atoms with Crippen LogP contribution in [0.5, 0.6) is 0 Å². The molecule has 16 heavy (non-hydrogen) atoms. The van der Waals surface area contributed by atoms with Crippen molar-refractivity contribution in [1.29, 1.82) is 0 Å². The Morgan fingerprint density at radius 1 is 1.12 bits per heavy atom. The summed E-state index contributed by atoms with van der Waals surface area (Å²) in [5.74, 6) is 0. The van der Waals surface area contributed by atoms with Crippen LogP contribution in [0.2, 0.25) is 20.6 Å². The Morgan fingerprint density at radius 3 is 2.44 bits per heavy atom. The van der Waals surface area contributed by atoms with Gasteiger partial charge in [0.1, 0.15) is 0 Å². The van der Waals surface area contributed by atoms with Gasteiger partial charge in [-0.3, -0.25) is 0 Å². The summed E-state index contributed by atoms with van der Waals surface area (Å²) in [6.45, 7) is 0.397. The summed E-state index contributed by atoms with van der Waals surface area (Å²) in [6, 6.07) is 5.21. The van der Waals surface area contributed by atoms with Gasteiger partial charge in [0.2, 0.25) is 10.6 Å². The smallest absolute Gasteiger partial charge is 0.230 e. The second-order valence-corrected chi connectivity index (χ2v) is 4.56. The lowest BCUT2D eigenvalue weighted by atomic mass is 10.2. The van der Waals surface area contributed by atoms with Crippen LogP contribution in [-0.2, 0) is 6.54 Å². The fourth-order valence-corrected chi connectivity index (χ4v) is 2.07. The summed E-state index contributed by atoms with van der Waals surface area (Å²) >= 11 is 23.2. The van der Waals surface area contributed by atoms with E-state index in [-0.39, 0.29) is 10.6 Å². The van der Waals surface area contributed by atoms with Gasteiger partial charge in [0.25, 0.3) is 0 Å². The molecule has 3 nitrogen and oxygen atoms in total. The van der Waals surface area contributed by atoms with E-state index >= 15 is 0 Å². The molecule has 0 saturated heterocycles. The second kappa shape index (κ2) is 4.80. The molecule has 0 saturated carbocycles. The molecule has 2 aromatic rings. The summed E-state index contributed by atoms with van der Waals surface area (Å²) in [7, 11) is 0. The van der Waals surface area contributed by atoms with E-state index in [1.165, 1.54) is 4.68 Å². The predicted molar refractivity (Wildman–Crippen MR) is 65.6 cm³/mol. The molecule has 0 aliphatic carbocycles. The predicted octanol–water partition coefficient (Wildman–Crippen LogP) is 3.94. The molecule has 0 spiro atoms. The number of halogens is 4. The van der Waals surface area contributed by atoms with Crippen molar-refractivity contribution in [3.05, 3.63) is 44.4 Å². The first-order valence-corrected chi connectivity index (χ1v) is 5.77. The molecule has 0 bridgehead atoms. The van der Waals surface area contributed by atoms with Crippen molar-refractivity contribution in [3.8, 4) is 0 Å². The Morgan fingerprint density at radius 2 is 1.88 bits per heavy atom. The van der Waals surface area contributed by atoms with Crippen LogP contribution in [0.15, 0.2) is 18.2 Å². The molecular weight excluding hydrogens is 292 g/mol. The van der Waals surface area contributed by atoms with Gasteiger partial charge in [0, 0.05) is 10.0 Å². The zero-order chi connectivity index (χ0) is 11.7. The highest BCUT2D eigenvalue weighted by Crippen LogP contribution is 2.22. The zero-order valence-electron chi connectivity index (χ0n) is 7.79. The average molecular weight is 297 g/mol. The Hall–Kier alpha value is -0.480. The highest BCUT2D eigenvalue weighted by molar-refractivity contribution is 6.35. The van der Waals surface area contributed by atoms with Crippen LogP contribution in [0.3, 0.4) is 0 Å². The van der Waals surface area contributed by atoms with E-state index < -0.39 is 0 Å². The first kappa shape index (κ1) is 12.0. The van der Waals surface area contributed by atoms with E-state index in [0.717, 1.165) is 5.56 Å². The van der Waals surface area contributed by atoms with Crippen molar-refractivity contribution in [2.45, 2.75) is 6.54 Å². The van der Waals surface area contributed by atoms with Crippen LogP contribution in [0, 0.1) is 0 Å². The van der Waals surface area contributed by atoms with Crippen molar-refractivity contribution in [3.63, 3.8) is 0 Å². The Bertz CT molecular complexity index is 523. The molecule has 1 aromatic heterocycles. The Labute approximate surface area is 112 Å². The molecule has 0 amide bonds. The summed E-state index contributed by atoms with van der Waals surface area (Å²) in [6.07, 6.45) is 0. The minimum Gasteiger partial charge on any atom is -0.230 e. The van der Waals surface area contributed by atoms with E-state index in [9.17, 15) is 0 Å². The van der Waals surface area contributed by atoms with Crippen LogP contribution >= 0.6 is 46.4 Å². The minimum atomic E-state index is 0.107. The molecule has 1 aromatic carbocycles. The van der Waals surface area contributed by atoms with Crippen LogP contribution in [0.4, 0.5) is 0 Å². The molecule has 0 aliphatic rings. The zero-order valence-corrected chi connectivity index (χ0v) is 10.8. The van der Waals surface area contributed by atoms with Crippen molar-refractivity contribution >= 4 is 46.4 Å². The maximum atomic E-state index is 6.02. The second-order valence-electron chi connectivity index (χ2n) is 3.04. The fraction of sp³-hybridized carbons (Fsp3) is 0.111. The maximum Gasteiger partial charge on any atom is 0.243 e. The van der Waals surface area contributed by atoms with Crippen LogP contribution in [0.25, 0.3) is 0 Å². The highest BCUT2D eigenvalue weighted by atomic mass is 35.5. The lowest BCUT2D eigenvalue weighted by molar-refractivity contribution is 0.686. The van der Waals surface area contributed by atoms with Crippen LogP contribution < -0.4 is 0 Å². The third-order valence-electron chi connectivity index (χ3n) is 1.94. The van der Waals surface area contributed by atoms with E-state index in [1.54, 1.807) is 18.2 Å². The Kier molecular flexibility index (Phi) is 3.60. The Balaban J connectivity index is 2.30. The van der Waals surface area contributed by atoms with Gasteiger partial charge in [-0.05, 0) is 40.9 Å². The van der Waals surface area contributed by atoms with Gasteiger partial charge in [0.15, 0.2) is 0 Å². The van der Waals surface area contributed by atoms with E-state index in [4.69, 9.17) is 46.4 Å². The molecule has 7 heteroatoms. The first-order chi connectivity index (χ1) is 7.56. The van der Waals surface area contributed by atoms with Crippen molar-refractivity contribution < 1.29 is 0 Å². The standard InChI is InChI=1S/C9H5Cl4N3/c10-6-2-1-5(7(11)3-6)4-16-9(13)14-8(12)15-16/h1-3H,4H2. The van der Waals surface area contributed by atoms with E-state index in [0.29, 0.717) is 16.6 Å². The van der Waals surface area contributed by atoms with Crippen molar-refractivity contribution in [2.75, 3.05) is 0 Å². The van der Waals surface area contributed by atoms with Gasteiger partial charge in [0.05, 0.1) is 6.54 Å². The molecule has 1 heterocycles. The van der Waals surface area contributed by atoms with Gasteiger partial charge in [-0.25, -0.2) is 4.68 Å². The molecule has 0 atom stereocenters. The molecule has 0 unspecified atom stereocenters. The van der Waals surface area contributed by atoms with Gasteiger partial charge in [-0.15, -0.1) is 5.10 Å². The first-order valence-electron chi connectivity index (χ1n) is 4.26. The molecule has 84 valence electrons. The summed E-state index contributed by atoms with van der Waals surface area (Å²) in [4.78, 5) is 3.77. The third kappa shape index (κ3) is 2.61. The van der Waals surface area contributed by atoms with Crippen molar-refractivity contribution in [2.24, 2.45) is 0 Å². The van der Waals surface area contributed by atoms with E-state index in [1.807, 2.05) is 0 Å². The molecule has 0 N–H and O–H groups in total. The van der Waals surface area contributed by atoms with Crippen LogP contribution in [-0.4, -0.2) is 14.8 Å². The summed E-state index contributed by atoms with van der Waals surface area (Å²) in [5.41, 5.74) is 0.842. The van der Waals surface area contributed by atoms with Gasteiger partial charge >= 0.3 is 0 Å². The minimum absolute atomic E-state index is 0.107. The molecule has 0 radical (unpaired) electrons. The number of nitrogens with zero attached hydrogens (tertiary/aromatic N) is 3. The molecular formula is C9H5Cl4N3. The fourth-order valence-electron chi connectivity index (χ4n) is 1.21. The SMILES string of the molecule is Clc1ccc(Cn2nc(Cl)nc2Cl)c(Cl)c1. The molecule has 0 fully saturated rings. The monoisotopic (exact) mass is 295 g/mol. The van der Waals surface area contributed by atoms with Crippen LogP contribution in [0.1, 0.15) is 5.56 Å². The number of hydrogen-bond acceptors (Lipinski definition) is 2. The number of hydrogen-bond donors (Lipinski definition) is 0. The normalized spacial score (nSPS) is 10.8. The highest BCUT2D eigenvalue weighted by Gasteiger charge is 2.08. The lowest BCUT2D eigenvalue weighted by Gasteiger charge is -2.04. The third-order valence-corrected chi connectivity index (χ3v) is 2.96. The molecule has 2 rings (SSSR count). The summed E-state index contributed by atoms with van der Waals surface area (Å²) in [5, 5.41) is 5.37. The number of aromatic nitrogens is 3. The van der Waals surface area contributed by atoms with Crippen molar-refractivity contribution in [1.82, 2.24) is 14.8 Å². The average Bonchev–Trinajstić information content (AvgIpc) is 2.50. The van der Waals surface area contributed by atoms with Gasteiger partial charge < -0.3 is 0 Å². The quantitative estimate of drug-likeness (QED) is 0.840.